The molecule has 0 saturated heterocycles. The van der Waals surface area contributed by atoms with E-state index in [0.29, 0.717) is 0 Å². The lowest BCUT2D eigenvalue weighted by atomic mass is 10.3. The highest BCUT2D eigenvalue weighted by atomic mass is 32.2. The summed E-state index contributed by atoms with van der Waals surface area (Å²) in [4.78, 5) is 9.62. The number of non-ortho nitro benzene ring substituents is 1. The van der Waals surface area contributed by atoms with Crippen LogP contribution in [-0.4, -0.2) is 19.7 Å². The molecule has 2 rings (SSSR count). The highest BCUT2D eigenvalue weighted by molar-refractivity contribution is 7.92. The minimum Gasteiger partial charge on any atom is -0.406 e. The number of anilines is 1. The van der Waals surface area contributed by atoms with Gasteiger partial charge in [0.05, 0.1) is 9.82 Å². The molecule has 0 spiro atoms. The van der Waals surface area contributed by atoms with Crippen LogP contribution in [0, 0.1) is 10.1 Å². The van der Waals surface area contributed by atoms with Crippen molar-refractivity contribution in [3.8, 4) is 5.75 Å². The maximum atomic E-state index is 12.1. The number of benzene rings is 2. The van der Waals surface area contributed by atoms with Crippen molar-refractivity contribution in [3.05, 3.63) is 58.6 Å². The molecule has 1 N–H and O–H groups in total. The van der Waals surface area contributed by atoms with Crippen LogP contribution >= 0.6 is 0 Å². The molecule has 0 radical (unpaired) electrons. The van der Waals surface area contributed by atoms with Crippen LogP contribution in [0.15, 0.2) is 53.4 Å². The minimum atomic E-state index is -4.85. The molecule has 0 amide bonds. The van der Waals surface area contributed by atoms with Gasteiger partial charge in [0, 0.05) is 17.8 Å². The molecule has 2 aromatic rings. The third-order valence-corrected chi connectivity index (χ3v) is 4.10. The second kappa shape index (κ2) is 6.35. The van der Waals surface area contributed by atoms with E-state index in [0.717, 1.165) is 48.5 Å². The Bertz CT molecular complexity index is 833. The summed E-state index contributed by atoms with van der Waals surface area (Å²) in [5.41, 5.74) is -0.273. The first-order chi connectivity index (χ1) is 11.1. The van der Waals surface area contributed by atoms with Crippen LogP contribution < -0.4 is 9.46 Å². The van der Waals surface area contributed by atoms with Gasteiger partial charge >= 0.3 is 6.36 Å². The van der Waals surface area contributed by atoms with Gasteiger partial charge in [-0.2, -0.15) is 0 Å². The molecule has 128 valence electrons. The molecular formula is C13H9F3N2O5S. The van der Waals surface area contributed by atoms with Crippen LogP contribution in [0.25, 0.3) is 0 Å². The summed E-state index contributed by atoms with van der Waals surface area (Å²) >= 11 is 0. The van der Waals surface area contributed by atoms with Crippen molar-refractivity contribution < 1.29 is 31.2 Å². The predicted molar refractivity (Wildman–Crippen MR) is 77.0 cm³/mol. The molecule has 0 aliphatic heterocycles. The van der Waals surface area contributed by atoms with E-state index in [4.69, 9.17) is 0 Å². The number of nitro benzene ring substituents is 1. The van der Waals surface area contributed by atoms with E-state index < -0.39 is 27.1 Å². The summed E-state index contributed by atoms with van der Waals surface area (Å²) in [6, 6.07) is 8.20. The van der Waals surface area contributed by atoms with Gasteiger partial charge in [-0.15, -0.1) is 13.2 Å². The van der Waals surface area contributed by atoms with Crippen molar-refractivity contribution in [1.29, 1.82) is 0 Å². The number of hydrogen-bond acceptors (Lipinski definition) is 5. The number of hydrogen-bond donors (Lipinski definition) is 1. The number of nitro groups is 1. The molecule has 7 nitrogen and oxygen atoms in total. The molecule has 0 aromatic heterocycles. The van der Waals surface area contributed by atoms with E-state index in [9.17, 15) is 31.7 Å². The highest BCUT2D eigenvalue weighted by Gasteiger charge is 2.31. The summed E-state index contributed by atoms with van der Waals surface area (Å²) in [5.74, 6) is -0.499. The zero-order valence-corrected chi connectivity index (χ0v) is 12.5. The van der Waals surface area contributed by atoms with Gasteiger partial charge in [-0.3, -0.25) is 14.8 Å². The molecular weight excluding hydrogens is 353 g/mol. The average Bonchev–Trinajstić information content (AvgIpc) is 2.47. The van der Waals surface area contributed by atoms with E-state index in [1.54, 1.807) is 0 Å². The minimum absolute atomic E-state index is 0.00266. The third-order valence-electron chi connectivity index (χ3n) is 2.70. The molecule has 0 aliphatic rings. The molecule has 0 bridgehead atoms. The molecule has 2 aromatic carbocycles. The zero-order valence-electron chi connectivity index (χ0n) is 11.6. The first-order valence-corrected chi connectivity index (χ1v) is 7.68. The number of sulfonamides is 1. The molecule has 0 atom stereocenters. The van der Waals surface area contributed by atoms with E-state index >= 15 is 0 Å². The topological polar surface area (TPSA) is 98.5 Å². The van der Waals surface area contributed by atoms with Gasteiger partial charge in [-0.25, -0.2) is 8.42 Å². The molecule has 0 unspecified atom stereocenters. The van der Waals surface area contributed by atoms with Crippen molar-refractivity contribution in [1.82, 2.24) is 0 Å². The molecule has 0 aliphatic carbocycles. The van der Waals surface area contributed by atoms with E-state index in [2.05, 4.69) is 9.46 Å². The summed E-state index contributed by atoms with van der Waals surface area (Å²) in [6.07, 6.45) is -4.85. The summed E-state index contributed by atoms with van der Waals surface area (Å²) < 4.78 is 66.1. The summed E-state index contributed by atoms with van der Waals surface area (Å²) in [5, 5.41) is 10.5. The Hall–Kier alpha value is -2.82. The molecule has 24 heavy (non-hydrogen) atoms. The van der Waals surface area contributed by atoms with E-state index in [1.165, 1.54) is 0 Å². The Kier molecular flexibility index (Phi) is 4.64. The smallest absolute Gasteiger partial charge is 0.406 e. The van der Waals surface area contributed by atoms with Gasteiger partial charge in [-0.05, 0) is 36.4 Å². The fraction of sp³-hybridized carbons (Fsp3) is 0.0769. The van der Waals surface area contributed by atoms with E-state index in [-0.39, 0.29) is 16.3 Å². The Labute approximate surface area is 133 Å². The average molecular weight is 362 g/mol. The molecule has 0 fully saturated rings. The Morgan fingerprint density at radius 1 is 1.00 bits per heavy atom. The lowest BCUT2D eigenvalue weighted by Crippen LogP contribution is -2.17. The molecule has 11 heteroatoms. The largest absolute Gasteiger partial charge is 0.573 e. The summed E-state index contributed by atoms with van der Waals surface area (Å²) in [7, 11) is -4.04. The Morgan fingerprint density at radius 3 is 2.00 bits per heavy atom. The highest BCUT2D eigenvalue weighted by Crippen LogP contribution is 2.25. The quantitative estimate of drug-likeness (QED) is 0.650. The number of ether oxygens (including phenoxy) is 1. The van der Waals surface area contributed by atoms with Gasteiger partial charge in [0.1, 0.15) is 5.75 Å². The second-order valence-electron chi connectivity index (χ2n) is 4.43. The van der Waals surface area contributed by atoms with Crippen LogP contribution in [0.4, 0.5) is 24.5 Å². The van der Waals surface area contributed by atoms with E-state index in [1.807, 2.05) is 0 Å². The monoisotopic (exact) mass is 362 g/mol. The molecule has 0 saturated carbocycles. The standard InChI is InChI=1S/C13H9F3N2O5S/c14-13(15,16)23-11-5-1-9(2-6-11)17-24(21,22)12-7-3-10(4-8-12)18(19)20/h1-8,17H. The van der Waals surface area contributed by atoms with Crippen LogP contribution in [0.1, 0.15) is 0 Å². The van der Waals surface area contributed by atoms with Gasteiger partial charge < -0.3 is 4.74 Å². The maximum absolute atomic E-state index is 12.1. The second-order valence-corrected chi connectivity index (χ2v) is 6.11. The summed E-state index contributed by atoms with van der Waals surface area (Å²) in [6.45, 7) is 0. The van der Waals surface area contributed by atoms with Crippen LogP contribution in [0.3, 0.4) is 0 Å². The molecule has 0 heterocycles. The first kappa shape index (κ1) is 17.5. The normalized spacial score (nSPS) is 11.8. The zero-order chi connectivity index (χ0) is 18.0. The van der Waals surface area contributed by atoms with Gasteiger partial charge in [0.15, 0.2) is 0 Å². The van der Waals surface area contributed by atoms with Gasteiger partial charge in [0.2, 0.25) is 0 Å². The van der Waals surface area contributed by atoms with Crippen molar-refractivity contribution in [2.24, 2.45) is 0 Å². The fourth-order valence-electron chi connectivity index (χ4n) is 1.69. The van der Waals surface area contributed by atoms with Crippen molar-refractivity contribution in [2.45, 2.75) is 11.3 Å². The fourth-order valence-corrected chi connectivity index (χ4v) is 2.74. The number of halogens is 3. The predicted octanol–water partition coefficient (Wildman–Crippen LogP) is 3.29. The SMILES string of the molecule is O=[N+]([O-])c1ccc(S(=O)(=O)Nc2ccc(OC(F)(F)F)cc2)cc1. The lowest BCUT2D eigenvalue weighted by Gasteiger charge is -2.11. The van der Waals surface area contributed by atoms with Crippen molar-refractivity contribution in [3.63, 3.8) is 0 Å². The van der Waals surface area contributed by atoms with Gasteiger partial charge in [-0.1, -0.05) is 0 Å². The lowest BCUT2D eigenvalue weighted by molar-refractivity contribution is -0.384. The van der Waals surface area contributed by atoms with Crippen molar-refractivity contribution in [2.75, 3.05) is 4.72 Å². The number of alkyl halides is 3. The van der Waals surface area contributed by atoms with Crippen molar-refractivity contribution >= 4 is 21.4 Å². The number of rotatable bonds is 5. The number of nitrogens with one attached hydrogen (secondary N) is 1. The third kappa shape index (κ3) is 4.59. The Morgan fingerprint density at radius 2 is 1.54 bits per heavy atom. The maximum Gasteiger partial charge on any atom is 0.573 e. The number of nitrogens with zero attached hydrogens (tertiary/aromatic N) is 1. The van der Waals surface area contributed by atoms with Gasteiger partial charge in [0.25, 0.3) is 15.7 Å². The van der Waals surface area contributed by atoms with Crippen LogP contribution in [-0.2, 0) is 10.0 Å². The Balaban J connectivity index is 2.15. The first-order valence-electron chi connectivity index (χ1n) is 6.20. The van der Waals surface area contributed by atoms with Crippen LogP contribution in [0.2, 0.25) is 0 Å². The van der Waals surface area contributed by atoms with Crippen LogP contribution in [0.5, 0.6) is 5.75 Å².